The summed E-state index contributed by atoms with van der Waals surface area (Å²) < 4.78 is 299. The molecule has 36 heavy (non-hydrogen) atoms. The summed E-state index contributed by atoms with van der Waals surface area (Å²) in [5, 5.41) is 0. The SMILES string of the molecule is [CH2]CC(F)(F)C(F)(F)C(F)(F)C(F)(F)C(F)(F)C(F)(F)C(F)(F)C(F)(F)C(F)(F)C(F)(F)C(F)(F)F. The Kier molecular flexibility index (Phi) is 7.83. The van der Waals surface area contributed by atoms with Crippen LogP contribution in [-0.2, 0) is 0 Å². The molecule has 0 aliphatic rings. The fourth-order valence-corrected chi connectivity index (χ4v) is 1.94. The number of hydrogen-bond acceptors (Lipinski definition) is 0. The third-order valence-electron chi connectivity index (χ3n) is 4.28. The van der Waals surface area contributed by atoms with Gasteiger partial charge in [-0.3, -0.25) is 0 Å². The second kappa shape index (κ2) is 8.19. The zero-order chi connectivity index (χ0) is 30.2. The largest absolute Gasteiger partial charge is 0.460 e. The molecule has 0 rings (SSSR count). The average molecular weight is 597 g/mol. The van der Waals surface area contributed by atoms with Crippen molar-refractivity contribution in [2.24, 2.45) is 0 Å². The molecular weight excluding hydrogens is 593 g/mol. The first-order valence-electron chi connectivity index (χ1n) is 7.70. The molecule has 1 radical (unpaired) electrons. The third-order valence-corrected chi connectivity index (χ3v) is 4.28. The van der Waals surface area contributed by atoms with Crippen molar-refractivity contribution in [3.63, 3.8) is 0 Å². The van der Waals surface area contributed by atoms with Gasteiger partial charge in [-0.05, 0) is 6.92 Å². The van der Waals surface area contributed by atoms with E-state index in [-0.39, 0.29) is 0 Å². The molecule has 0 fully saturated rings. The van der Waals surface area contributed by atoms with Crippen LogP contribution in [0.3, 0.4) is 0 Å². The highest BCUT2D eigenvalue weighted by Gasteiger charge is 2.98. The van der Waals surface area contributed by atoms with E-state index in [9.17, 15) is 101 Å². The molecule has 0 aromatic rings. The van der Waals surface area contributed by atoms with Crippen molar-refractivity contribution in [2.45, 2.75) is 71.8 Å². The molecule has 0 saturated carbocycles. The van der Waals surface area contributed by atoms with E-state index in [4.69, 9.17) is 0 Å². The lowest BCUT2D eigenvalue weighted by molar-refractivity contribution is -0.478. The van der Waals surface area contributed by atoms with Crippen LogP contribution in [0.25, 0.3) is 0 Å². The Morgan fingerprint density at radius 3 is 0.611 bits per heavy atom. The van der Waals surface area contributed by atoms with Gasteiger partial charge in [-0.1, -0.05) is 0 Å². The average Bonchev–Trinajstić information content (AvgIpc) is 2.65. The number of halogens is 23. The summed E-state index contributed by atoms with van der Waals surface area (Å²) in [5.74, 6) is -87.1. The minimum atomic E-state index is -9.36. The van der Waals surface area contributed by atoms with E-state index in [1.54, 1.807) is 6.92 Å². The minimum absolute atomic E-state index is 1.76. The second-order valence-electron chi connectivity index (χ2n) is 6.62. The lowest BCUT2D eigenvalue weighted by Gasteiger charge is -2.45. The van der Waals surface area contributed by atoms with Crippen molar-refractivity contribution in [1.29, 1.82) is 0 Å². The van der Waals surface area contributed by atoms with Gasteiger partial charge in [0.15, 0.2) is 0 Å². The molecule has 0 aliphatic carbocycles. The van der Waals surface area contributed by atoms with Gasteiger partial charge in [-0.25, -0.2) is 0 Å². The summed E-state index contributed by atoms with van der Waals surface area (Å²) >= 11 is 0. The lowest BCUT2D eigenvalue weighted by Crippen LogP contribution is -2.77. The van der Waals surface area contributed by atoms with Crippen molar-refractivity contribution in [3.8, 4) is 0 Å². The summed E-state index contributed by atoms with van der Waals surface area (Å²) in [6.07, 6.45) is -11.0. The standard InChI is InChI=1S/C13H4F23/c1-2-3(14,15)4(16,17)5(18,19)6(20,21)7(22,23)8(24,25)9(26,27)10(28,29)11(30,31)12(32,33)13(34,35)36/h1-2H2. The molecule has 0 amide bonds. The van der Waals surface area contributed by atoms with Crippen LogP contribution < -0.4 is 0 Å². The first-order valence-corrected chi connectivity index (χ1v) is 7.70. The Morgan fingerprint density at radius 1 is 0.278 bits per heavy atom. The van der Waals surface area contributed by atoms with E-state index in [0.29, 0.717) is 0 Å². The summed E-state index contributed by atoms with van der Waals surface area (Å²) in [7, 11) is 0. The molecule has 217 valence electrons. The summed E-state index contributed by atoms with van der Waals surface area (Å²) in [4.78, 5) is 0. The van der Waals surface area contributed by atoms with Crippen LogP contribution in [0.5, 0.6) is 0 Å². The molecule has 23 heteroatoms. The highest BCUT2D eigenvalue weighted by Crippen LogP contribution is 2.67. The van der Waals surface area contributed by atoms with Crippen molar-refractivity contribution >= 4 is 0 Å². The second-order valence-corrected chi connectivity index (χ2v) is 6.62. The molecule has 0 aromatic carbocycles. The van der Waals surface area contributed by atoms with E-state index >= 15 is 0 Å². The molecule has 0 aromatic heterocycles. The fraction of sp³-hybridized carbons (Fsp3) is 0.923. The van der Waals surface area contributed by atoms with Gasteiger partial charge in [0.05, 0.1) is 0 Å². The third kappa shape index (κ3) is 3.82. The van der Waals surface area contributed by atoms with Gasteiger partial charge in [-0.2, -0.15) is 101 Å². The Bertz CT molecular complexity index is 797. The molecule has 0 nitrogen and oxygen atoms in total. The molecule has 0 unspecified atom stereocenters. The van der Waals surface area contributed by atoms with Crippen LogP contribution in [0.15, 0.2) is 0 Å². The zero-order valence-electron chi connectivity index (χ0n) is 15.6. The van der Waals surface area contributed by atoms with Crippen molar-refractivity contribution in [3.05, 3.63) is 6.92 Å². The normalized spacial score (nSPS) is 17.0. The molecule has 0 bridgehead atoms. The predicted octanol–water partition coefficient (Wildman–Crippen LogP) is 8.13. The molecule has 0 heterocycles. The monoisotopic (exact) mass is 597 g/mol. The van der Waals surface area contributed by atoms with Crippen LogP contribution in [0.4, 0.5) is 101 Å². The topological polar surface area (TPSA) is 0 Å². The van der Waals surface area contributed by atoms with E-state index in [1.807, 2.05) is 0 Å². The maximum absolute atomic E-state index is 13.4. The maximum Gasteiger partial charge on any atom is 0.460 e. The molecule has 0 aliphatic heterocycles. The van der Waals surface area contributed by atoms with E-state index < -0.39 is 71.8 Å². The van der Waals surface area contributed by atoms with Gasteiger partial charge in [0.25, 0.3) is 0 Å². The highest BCUT2D eigenvalue weighted by atomic mass is 19.4. The number of hydrogen-bond donors (Lipinski definition) is 0. The molecule has 0 spiro atoms. The van der Waals surface area contributed by atoms with Crippen molar-refractivity contribution < 1.29 is 101 Å². The van der Waals surface area contributed by atoms with Crippen molar-refractivity contribution in [2.75, 3.05) is 0 Å². The summed E-state index contributed by atoms with van der Waals surface area (Å²) in [6.45, 7) is 1.76. The minimum Gasteiger partial charge on any atom is -0.200 e. The molecule has 0 atom stereocenters. The number of rotatable bonds is 10. The van der Waals surface area contributed by atoms with Crippen molar-refractivity contribution in [1.82, 2.24) is 0 Å². The van der Waals surface area contributed by atoms with Crippen LogP contribution in [0.1, 0.15) is 6.42 Å². The Morgan fingerprint density at radius 2 is 0.444 bits per heavy atom. The Hall–Kier alpha value is -1.61. The van der Waals surface area contributed by atoms with Gasteiger partial charge in [0, 0.05) is 6.42 Å². The Balaban J connectivity index is 7.18. The summed E-state index contributed by atoms with van der Waals surface area (Å²) in [6, 6.07) is 0. The quantitative estimate of drug-likeness (QED) is 0.223. The van der Waals surface area contributed by atoms with Gasteiger partial charge in [0.1, 0.15) is 0 Å². The molecule has 0 N–H and O–H groups in total. The predicted molar refractivity (Wildman–Crippen MR) is 65.5 cm³/mol. The molecular formula is C13H4F23. The van der Waals surface area contributed by atoms with Gasteiger partial charge >= 0.3 is 65.4 Å². The van der Waals surface area contributed by atoms with Gasteiger partial charge in [-0.15, -0.1) is 0 Å². The fourth-order valence-electron chi connectivity index (χ4n) is 1.94. The first-order chi connectivity index (χ1) is 15.1. The highest BCUT2D eigenvalue weighted by molar-refractivity contribution is 5.18. The maximum atomic E-state index is 13.4. The Labute approximate surface area is 181 Å². The van der Waals surface area contributed by atoms with Crippen LogP contribution >= 0.6 is 0 Å². The smallest absolute Gasteiger partial charge is 0.200 e. The number of alkyl halides is 23. The molecule has 0 saturated heterocycles. The summed E-state index contributed by atoms with van der Waals surface area (Å²) in [5.41, 5.74) is 0. The van der Waals surface area contributed by atoms with E-state index in [2.05, 4.69) is 0 Å². The van der Waals surface area contributed by atoms with Crippen LogP contribution in [-0.4, -0.2) is 65.4 Å². The van der Waals surface area contributed by atoms with Crippen LogP contribution in [0.2, 0.25) is 0 Å². The van der Waals surface area contributed by atoms with E-state index in [1.165, 1.54) is 0 Å². The van der Waals surface area contributed by atoms with Gasteiger partial charge < -0.3 is 0 Å². The first kappa shape index (κ1) is 34.4. The zero-order valence-corrected chi connectivity index (χ0v) is 15.6. The van der Waals surface area contributed by atoms with Gasteiger partial charge in [0.2, 0.25) is 0 Å². The lowest BCUT2D eigenvalue weighted by atomic mass is 9.85. The van der Waals surface area contributed by atoms with Crippen LogP contribution in [0, 0.1) is 6.92 Å². The van der Waals surface area contributed by atoms with E-state index in [0.717, 1.165) is 0 Å².